The Bertz CT molecular complexity index is 563. The first-order valence-corrected chi connectivity index (χ1v) is 6.66. The van der Waals surface area contributed by atoms with Gasteiger partial charge in [0.2, 0.25) is 5.91 Å². The summed E-state index contributed by atoms with van der Waals surface area (Å²) in [5, 5.41) is 10.3. The number of nitrogens with one attached hydrogen (secondary N) is 2. The zero-order valence-corrected chi connectivity index (χ0v) is 11.9. The fourth-order valence-corrected chi connectivity index (χ4v) is 1.99. The van der Waals surface area contributed by atoms with E-state index in [-0.39, 0.29) is 5.91 Å². The summed E-state index contributed by atoms with van der Waals surface area (Å²) in [7, 11) is 1.90. The normalized spacial score (nSPS) is 10.5. The molecule has 0 radical (unpaired) electrons. The largest absolute Gasteiger partial charge is 0.351 e. The highest BCUT2D eigenvalue weighted by atomic mass is 16.1. The van der Waals surface area contributed by atoms with Crippen LogP contribution in [0.5, 0.6) is 0 Å². The standard InChI is InChI=1S/C15H20N4O/c1-12-8-14(19(2)18-12)10-16-11-15(20)17-9-13-6-4-3-5-7-13/h3-8,16H,9-11H2,1-2H3,(H,17,20). The van der Waals surface area contributed by atoms with Crippen LogP contribution >= 0.6 is 0 Å². The number of rotatable bonds is 6. The van der Waals surface area contributed by atoms with E-state index in [0.717, 1.165) is 17.0 Å². The van der Waals surface area contributed by atoms with E-state index in [1.807, 2.05) is 55.1 Å². The molecule has 0 atom stereocenters. The molecule has 5 heteroatoms. The molecule has 1 aromatic heterocycles. The summed E-state index contributed by atoms with van der Waals surface area (Å²) >= 11 is 0. The Balaban J connectivity index is 1.69. The SMILES string of the molecule is Cc1cc(CNCC(=O)NCc2ccccc2)n(C)n1. The van der Waals surface area contributed by atoms with Crippen molar-refractivity contribution in [3.8, 4) is 0 Å². The second-order valence-corrected chi connectivity index (χ2v) is 4.77. The van der Waals surface area contributed by atoms with Crippen LogP contribution in [0.25, 0.3) is 0 Å². The number of amides is 1. The van der Waals surface area contributed by atoms with E-state index in [2.05, 4.69) is 15.7 Å². The Hall–Kier alpha value is -2.14. The second kappa shape index (κ2) is 6.86. The molecule has 2 rings (SSSR count). The lowest BCUT2D eigenvalue weighted by Gasteiger charge is -2.07. The van der Waals surface area contributed by atoms with Crippen LogP contribution in [0.3, 0.4) is 0 Å². The van der Waals surface area contributed by atoms with Gasteiger partial charge in [0.15, 0.2) is 0 Å². The van der Waals surface area contributed by atoms with Gasteiger partial charge in [-0.3, -0.25) is 9.48 Å². The highest BCUT2D eigenvalue weighted by molar-refractivity contribution is 5.77. The molecule has 0 saturated heterocycles. The highest BCUT2D eigenvalue weighted by Gasteiger charge is 2.04. The number of hydrogen-bond donors (Lipinski definition) is 2. The maximum atomic E-state index is 11.7. The lowest BCUT2D eigenvalue weighted by molar-refractivity contribution is -0.120. The topological polar surface area (TPSA) is 59.0 Å². The first-order chi connectivity index (χ1) is 9.65. The Kier molecular flexibility index (Phi) is 4.90. The fourth-order valence-electron chi connectivity index (χ4n) is 1.99. The van der Waals surface area contributed by atoms with Gasteiger partial charge in [-0.05, 0) is 18.6 Å². The molecule has 0 fully saturated rings. The minimum absolute atomic E-state index is 0.00672. The van der Waals surface area contributed by atoms with Crippen molar-refractivity contribution in [1.82, 2.24) is 20.4 Å². The monoisotopic (exact) mass is 272 g/mol. The van der Waals surface area contributed by atoms with Crippen LogP contribution in [0.15, 0.2) is 36.4 Å². The molecule has 1 heterocycles. The lowest BCUT2D eigenvalue weighted by atomic mass is 10.2. The van der Waals surface area contributed by atoms with E-state index in [1.54, 1.807) is 0 Å². The number of carbonyl (C=O) groups excluding carboxylic acids is 1. The first kappa shape index (κ1) is 14.3. The molecule has 5 nitrogen and oxygen atoms in total. The van der Waals surface area contributed by atoms with Crippen molar-refractivity contribution in [3.05, 3.63) is 53.3 Å². The van der Waals surface area contributed by atoms with Crippen LogP contribution in [0.1, 0.15) is 17.0 Å². The van der Waals surface area contributed by atoms with Gasteiger partial charge in [0, 0.05) is 20.1 Å². The first-order valence-electron chi connectivity index (χ1n) is 6.66. The van der Waals surface area contributed by atoms with Crippen LogP contribution in [0.4, 0.5) is 0 Å². The van der Waals surface area contributed by atoms with Gasteiger partial charge in [0.1, 0.15) is 0 Å². The van der Waals surface area contributed by atoms with Crippen LogP contribution in [-0.4, -0.2) is 22.2 Å². The molecule has 0 saturated carbocycles. The van der Waals surface area contributed by atoms with Gasteiger partial charge in [0.25, 0.3) is 0 Å². The maximum absolute atomic E-state index is 11.7. The summed E-state index contributed by atoms with van der Waals surface area (Å²) < 4.78 is 1.82. The molecule has 0 bridgehead atoms. The Labute approximate surface area is 119 Å². The molecule has 0 aliphatic carbocycles. The lowest BCUT2D eigenvalue weighted by Crippen LogP contribution is -2.33. The Morgan fingerprint density at radius 3 is 2.65 bits per heavy atom. The van der Waals surface area contributed by atoms with Crippen LogP contribution in [0, 0.1) is 6.92 Å². The number of hydrogen-bond acceptors (Lipinski definition) is 3. The van der Waals surface area contributed by atoms with Gasteiger partial charge in [-0.25, -0.2) is 0 Å². The van der Waals surface area contributed by atoms with Crippen molar-refractivity contribution in [2.45, 2.75) is 20.0 Å². The summed E-state index contributed by atoms with van der Waals surface area (Å²) in [5.41, 5.74) is 3.15. The predicted molar refractivity (Wildman–Crippen MR) is 77.9 cm³/mol. The van der Waals surface area contributed by atoms with Crippen molar-refractivity contribution in [1.29, 1.82) is 0 Å². The molecule has 0 unspecified atom stereocenters. The summed E-state index contributed by atoms with van der Waals surface area (Å²) in [6, 6.07) is 11.9. The van der Waals surface area contributed by atoms with Crippen molar-refractivity contribution in [2.75, 3.05) is 6.54 Å². The molecule has 2 N–H and O–H groups in total. The predicted octanol–water partition coefficient (Wildman–Crippen LogP) is 1.13. The molecular weight excluding hydrogens is 252 g/mol. The van der Waals surface area contributed by atoms with Gasteiger partial charge in [-0.1, -0.05) is 30.3 Å². The summed E-state index contributed by atoms with van der Waals surface area (Å²) in [6.07, 6.45) is 0. The smallest absolute Gasteiger partial charge is 0.234 e. The molecule has 1 amide bonds. The highest BCUT2D eigenvalue weighted by Crippen LogP contribution is 2.00. The third-order valence-electron chi connectivity index (χ3n) is 3.02. The van der Waals surface area contributed by atoms with E-state index in [0.29, 0.717) is 19.6 Å². The number of aryl methyl sites for hydroxylation is 2. The van der Waals surface area contributed by atoms with Crippen LogP contribution < -0.4 is 10.6 Å². The molecule has 106 valence electrons. The molecule has 0 spiro atoms. The Morgan fingerprint density at radius 1 is 1.25 bits per heavy atom. The van der Waals surface area contributed by atoms with Gasteiger partial charge in [-0.15, -0.1) is 0 Å². The van der Waals surface area contributed by atoms with E-state index in [9.17, 15) is 4.79 Å². The molecule has 1 aromatic carbocycles. The minimum Gasteiger partial charge on any atom is -0.351 e. The quantitative estimate of drug-likeness (QED) is 0.829. The third kappa shape index (κ3) is 4.20. The van der Waals surface area contributed by atoms with Crippen molar-refractivity contribution in [2.24, 2.45) is 7.05 Å². The zero-order valence-electron chi connectivity index (χ0n) is 11.9. The van der Waals surface area contributed by atoms with Crippen molar-refractivity contribution < 1.29 is 4.79 Å². The van der Waals surface area contributed by atoms with E-state index < -0.39 is 0 Å². The molecular formula is C15H20N4O. The number of carbonyl (C=O) groups is 1. The Morgan fingerprint density at radius 2 is 2.00 bits per heavy atom. The van der Waals surface area contributed by atoms with E-state index >= 15 is 0 Å². The van der Waals surface area contributed by atoms with Gasteiger partial charge < -0.3 is 10.6 Å². The average Bonchev–Trinajstić information content (AvgIpc) is 2.76. The number of aromatic nitrogens is 2. The van der Waals surface area contributed by atoms with Gasteiger partial charge in [0.05, 0.1) is 17.9 Å². The third-order valence-corrected chi connectivity index (χ3v) is 3.02. The van der Waals surface area contributed by atoms with Crippen molar-refractivity contribution in [3.63, 3.8) is 0 Å². The van der Waals surface area contributed by atoms with Crippen LogP contribution in [-0.2, 0) is 24.9 Å². The summed E-state index contributed by atoms with van der Waals surface area (Å²) in [6.45, 7) is 3.45. The summed E-state index contributed by atoms with van der Waals surface area (Å²) in [4.78, 5) is 11.7. The molecule has 0 aliphatic rings. The second-order valence-electron chi connectivity index (χ2n) is 4.77. The number of nitrogens with zero attached hydrogens (tertiary/aromatic N) is 2. The molecule has 20 heavy (non-hydrogen) atoms. The van der Waals surface area contributed by atoms with E-state index in [1.165, 1.54) is 0 Å². The average molecular weight is 272 g/mol. The van der Waals surface area contributed by atoms with Gasteiger partial charge >= 0.3 is 0 Å². The zero-order chi connectivity index (χ0) is 14.4. The minimum atomic E-state index is -0.00672. The van der Waals surface area contributed by atoms with Crippen LogP contribution in [0.2, 0.25) is 0 Å². The number of benzene rings is 1. The molecule has 0 aliphatic heterocycles. The maximum Gasteiger partial charge on any atom is 0.234 e. The van der Waals surface area contributed by atoms with Gasteiger partial charge in [-0.2, -0.15) is 5.10 Å². The fraction of sp³-hybridized carbons (Fsp3) is 0.333. The van der Waals surface area contributed by atoms with Crippen molar-refractivity contribution >= 4 is 5.91 Å². The summed E-state index contributed by atoms with van der Waals surface area (Å²) in [5.74, 6) is -0.00672. The molecule has 2 aromatic rings. The van der Waals surface area contributed by atoms with E-state index in [4.69, 9.17) is 0 Å².